The number of anilines is 1. The predicted molar refractivity (Wildman–Crippen MR) is 55.1 cm³/mol. The molecule has 0 radical (unpaired) electrons. The number of rotatable bonds is 2. The zero-order valence-corrected chi connectivity index (χ0v) is 7.90. The molecule has 0 amide bonds. The zero-order chi connectivity index (χ0) is 9.97. The van der Waals surface area contributed by atoms with Crippen LogP contribution in [0.25, 0.3) is 11.0 Å². The Labute approximate surface area is 81.7 Å². The first-order valence-electron chi connectivity index (χ1n) is 4.45. The summed E-state index contributed by atoms with van der Waals surface area (Å²) in [6.45, 7) is 2.54. The fourth-order valence-electron chi connectivity index (χ4n) is 1.29. The summed E-state index contributed by atoms with van der Waals surface area (Å²) in [5.74, 6) is 1.13. The summed E-state index contributed by atoms with van der Waals surface area (Å²) in [5, 5.41) is 0. The van der Waals surface area contributed by atoms with Crippen molar-refractivity contribution in [1.82, 2.24) is 9.97 Å². The molecule has 1 heterocycles. The van der Waals surface area contributed by atoms with Crippen LogP contribution in [0.2, 0.25) is 0 Å². The Bertz CT molecular complexity index is 456. The number of hydrogen-bond acceptors (Lipinski definition) is 4. The summed E-state index contributed by atoms with van der Waals surface area (Å²) in [5.41, 5.74) is 7.07. The minimum absolute atomic E-state index is 0.407. The first-order chi connectivity index (χ1) is 6.81. The molecule has 0 saturated heterocycles. The lowest BCUT2D eigenvalue weighted by Crippen LogP contribution is -1.97. The molecule has 0 atom stereocenters. The van der Waals surface area contributed by atoms with Gasteiger partial charge in [-0.25, -0.2) is 4.98 Å². The Morgan fingerprint density at radius 3 is 3.07 bits per heavy atom. The summed E-state index contributed by atoms with van der Waals surface area (Å²) >= 11 is 0. The van der Waals surface area contributed by atoms with E-state index < -0.39 is 0 Å². The van der Waals surface area contributed by atoms with Crippen LogP contribution in [0.3, 0.4) is 0 Å². The largest absolute Gasteiger partial charge is 0.492 e. The average Bonchev–Trinajstić information content (AvgIpc) is 2.19. The zero-order valence-electron chi connectivity index (χ0n) is 7.90. The van der Waals surface area contributed by atoms with E-state index in [2.05, 4.69) is 9.97 Å². The standard InChI is InChI=1S/C10H11N3O/c1-2-14-8-5-3-4-7-10(8)13-9(11)6-12-7/h3-6H,2H2,1H3,(H2,11,13). The van der Waals surface area contributed by atoms with Crippen LogP contribution in [0.4, 0.5) is 5.82 Å². The molecule has 72 valence electrons. The third kappa shape index (κ3) is 1.46. The third-order valence-corrected chi connectivity index (χ3v) is 1.85. The molecule has 1 aromatic heterocycles. The highest BCUT2D eigenvalue weighted by Gasteiger charge is 2.03. The molecule has 2 rings (SSSR count). The van der Waals surface area contributed by atoms with E-state index >= 15 is 0 Å². The molecule has 0 aliphatic carbocycles. The van der Waals surface area contributed by atoms with Gasteiger partial charge in [0.15, 0.2) is 0 Å². The monoisotopic (exact) mass is 189 g/mol. The van der Waals surface area contributed by atoms with Crippen molar-refractivity contribution in [3.63, 3.8) is 0 Å². The van der Waals surface area contributed by atoms with Gasteiger partial charge in [0.25, 0.3) is 0 Å². The van der Waals surface area contributed by atoms with Crippen molar-refractivity contribution in [1.29, 1.82) is 0 Å². The van der Waals surface area contributed by atoms with Crippen molar-refractivity contribution in [2.75, 3.05) is 12.3 Å². The van der Waals surface area contributed by atoms with Crippen LogP contribution in [-0.2, 0) is 0 Å². The summed E-state index contributed by atoms with van der Waals surface area (Å²) in [6, 6.07) is 5.63. The van der Waals surface area contributed by atoms with Gasteiger partial charge in [0.05, 0.1) is 18.3 Å². The van der Waals surface area contributed by atoms with Gasteiger partial charge >= 0.3 is 0 Å². The second-order valence-corrected chi connectivity index (χ2v) is 2.85. The molecular weight excluding hydrogens is 178 g/mol. The molecule has 14 heavy (non-hydrogen) atoms. The van der Waals surface area contributed by atoms with Crippen molar-refractivity contribution in [3.8, 4) is 5.75 Å². The van der Waals surface area contributed by atoms with Crippen molar-refractivity contribution < 1.29 is 4.74 Å². The second-order valence-electron chi connectivity index (χ2n) is 2.85. The van der Waals surface area contributed by atoms with E-state index in [9.17, 15) is 0 Å². The first kappa shape index (κ1) is 8.74. The number of benzene rings is 1. The topological polar surface area (TPSA) is 61.0 Å². The number of nitrogens with two attached hydrogens (primary N) is 1. The Hall–Kier alpha value is -1.84. The van der Waals surface area contributed by atoms with E-state index in [1.54, 1.807) is 0 Å². The average molecular weight is 189 g/mol. The van der Waals surface area contributed by atoms with Gasteiger partial charge in [-0.3, -0.25) is 4.98 Å². The number of nitrogen functional groups attached to an aromatic ring is 1. The SMILES string of the molecule is CCOc1cccc2ncc(N)nc12. The van der Waals surface area contributed by atoms with Gasteiger partial charge < -0.3 is 10.5 Å². The highest BCUT2D eigenvalue weighted by atomic mass is 16.5. The van der Waals surface area contributed by atoms with Crippen molar-refractivity contribution in [2.45, 2.75) is 6.92 Å². The van der Waals surface area contributed by atoms with E-state index in [1.807, 2.05) is 25.1 Å². The highest BCUT2D eigenvalue weighted by Crippen LogP contribution is 2.22. The number of fused-ring (bicyclic) bond motifs is 1. The molecule has 4 nitrogen and oxygen atoms in total. The van der Waals surface area contributed by atoms with Gasteiger partial charge in [0, 0.05) is 0 Å². The number of nitrogens with zero attached hydrogens (tertiary/aromatic N) is 2. The third-order valence-electron chi connectivity index (χ3n) is 1.85. The van der Waals surface area contributed by atoms with Gasteiger partial charge in [-0.05, 0) is 19.1 Å². The van der Waals surface area contributed by atoms with Crippen LogP contribution in [0, 0.1) is 0 Å². The number of hydrogen-bond donors (Lipinski definition) is 1. The summed E-state index contributed by atoms with van der Waals surface area (Å²) in [4.78, 5) is 8.34. The van der Waals surface area contributed by atoms with E-state index in [-0.39, 0.29) is 0 Å². The maximum absolute atomic E-state index is 5.56. The number of aromatic nitrogens is 2. The summed E-state index contributed by atoms with van der Waals surface area (Å²) < 4.78 is 5.42. The maximum Gasteiger partial charge on any atom is 0.147 e. The van der Waals surface area contributed by atoms with Crippen molar-refractivity contribution >= 4 is 16.9 Å². The molecule has 0 unspecified atom stereocenters. The minimum atomic E-state index is 0.407. The Morgan fingerprint density at radius 2 is 2.29 bits per heavy atom. The molecule has 0 aliphatic heterocycles. The fraction of sp³-hybridized carbons (Fsp3) is 0.200. The lowest BCUT2D eigenvalue weighted by atomic mass is 10.3. The Morgan fingerprint density at radius 1 is 1.43 bits per heavy atom. The molecule has 0 aliphatic rings. The van der Waals surface area contributed by atoms with Gasteiger partial charge in [-0.15, -0.1) is 0 Å². The van der Waals surface area contributed by atoms with Crippen LogP contribution in [0.5, 0.6) is 5.75 Å². The van der Waals surface area contributed by atoms with Crippen LogP contribution in [-0.4, -0.2) is 16.6 Å². The van der Waals surface area contributed by atoms with Gasteiger partial charge in [-0.1, -0.05) is 6.07 Å². The quantitative estimate of drug-likeness (QED) is 0.779. The number of para-hydroxylation sites is 1. The lowest BCUT2D eigenvalue weighted by molar-refractivity contribution is 0.343. The van der Waals surface area contributed by atoms with E-state index in [1.165, 1.54) is 6.20 Å². The van der Waals surface area contributed by atoms with E-state index in [0.717, 1.165) is 11.3 Å². The van der Waals surface area contributed by atoms with Gasteiger partial charge in [0.2, 0.25) is 0 Å². The van der Waals surface area contributed by atoms with Crippen LogP contribution >= 0.6 is 0 Å². The predicted octanol–water partition coefficient (Wildman–Crippen LogP) is 1.61. The summed E-state index contributed by atoms with van der Waals surface area (Å²) in [6.07, 6.45) is 1.54. The second kappa shape index (κ2) is 3.49. The molecule has 0 bridgehead atoms. The molecule has 2 N–H and O–H groups in total. The van der Waals surface area contributed by atoms with Crippen molar-refractivity contribution in [3.05, 3.63) is 24.4 Å². The van der Waals surface area contributed by atoms with E-state index in [0.29, 0.717) is 17.9 Å². The highest BCUT2D eigenvalue weighted by molar-refractivity contribution is 5.81. The molecular formula is C10H11N3O. The van der Waals surface area contributed by atoms with Crippen LogP contribution in [0.15, 0.2) is 24.4 Å². The van der Waals surface area contributed by atoms with Crippen LogP contribution < -0.4 is 10.5 Å². The van der Waals surface area contributed by atoms with E-state index in [4.69, 9.17) is 10.5 Å². The van der Waals surface area contributed by atoms with Gasteiger partial charge in [-0.2, -0.15) is 0 Å². The fourth-order valence-corrected chi connectivity index (χ4v) is 1.29. The summed E-state index contributed by atoms with van der Waals surface area (Å²) in [7, 11) is 0. The minimum Gasteiger partial charge on any atom is -0.492 e. The Balaban J connectivity index is 2.64. The number of ether oxygens (including phenoxy) is 1. The molecule has 4 heteroatoms. The smallest absolute Gasteiger partial charge is 0.147 e. The molecule has 2 aromatic rings. The first-order valence-corrected chi connectivity index (χ1v) is 4.45. The van der Waals surface area contributed by atoms with Gasteiger partial charge in [0.1, 0.15) is 17.1 Å². The lowest BCUT2D eigenvalue weighted by Gasteiger charge is -2.05. The Kier molecular flexibility index (Phi) is 2.18. The molecule has 1 aromatic carbocycles. The maximum atomic E-state index is 5.56. The molecule has 0 spiro atoms. The molecule has 0 fully saturated rings. The normalized spacial score (nSPS) is 10.4. The molecule has 0 saturated carbocycles. The van der Waals surface area contributed by atoms with Crippen molar-refractivity contribution in [2.24, 2.45) is 0 Å². The van der Waals surface area contributed by atoms with Crippen LogP contribution in [0.1, 0.15) is 6.92 Å².